The van der Waals surface area contributed by atoms with Gasteiger partial charge in [0.05, 0.1) is 18.7 Å². The van der Waals surface area contributed by atoms with Gasteiger partial charge < -0.3 is 10.2 Å². The van der Waals surface area contributed by atoms with E-state index in [1.807, 2.05) is 22.2 Å². The van der Waals surface area contributed by atoms with Crippen LogP contribution in [0.1, 0.15) is 5.69 Å². The van der Waals surface area contributed by atoms with E-state index in [-0.39, 0.29) is 24.8 Å². The average molecular weight is 363 g/mol. The minimum atomic E-state index is -0.279. The number of nitrogens with one attached hydrogen (secondary N) is 1. The molecule has 2 amide bonds. The molecule has 124 valence electrons. The minimum Gasteiger partial charge on any atom is -0.336 e. The van der Waals surface area contributed by atoms with Gasteiger partial charge in [0.15, 0.2) is 4.96 Å². The van der Waals surface area contributed by atoms with Crippen LogP contribution in [0.25, 0.3) is 4.96 Å². The number of carbonyl (C=O) groups excluding carboxylic acids is 2. The van der Waals surface area contributed by atoms with Crippen LogP contribution in [0.2, 0.25) is 5.02 Å². The summed E-state index contributed by atoms with van der Waals surface area (Å²) in [5.41, 5.74) is 1.29. The maximum atomic E-state index is 12.2. The lowest BCUT2D eigenvalue weighted by molar-refractivity contribution is -0.132. The van der Waals surface area contributed by atoms with Crippen molar-refractivity contribution in [1.29, 1.82) is 0 Å². The van der Waals surface area contributed by atoms with Gasteiger partial charge in [0.2, 0.25) is 11.8 Å². The molecule has 1 N–H and O–H groups in total. The summed E-state index contributed by atoms with van der Waals surface area (Å²) in [5, 5.41) is 5.18. The molecule has 0 atom stereocenters. The van der Waals surface area contributed by atoms with Gasteiger partial charge in [-0.3, -0.25) is 14.0 Å². The quantitative estimate of drug-likeness (QED) is 0.758. The average Bonchev–Trinajstić information content (AvgIpc) is 3.08. The molecule has 0 saturated carbocycles. The van der Waals surface area contributed by atoms with Crippen molar-refractivity contribution in [3.8, 4) is 0 Å². The van der Waals surface area contributed by atoms with E-state index in [0.29, 0.717) is 16.4 Å². The molecule has 3 rings (SSSR count). The van der Waals surface area contributed by atoms with E-state index in [1.165, 1.54) is 16.2 Å². The number of imidazole rings is 1. The molecule has 0 bridgehead atoms. The fourth-order valence-corrected chi connectivity index (χ4v) is 3.13. The van der Waals surface area contributed by atoms with Gasteiger partial charge in [-0.2, -0.15) is 0 Å². The lowest BCUT2D eigenvalue weighted by atomic mass is 10.3. The van der Waals surface area contributed by atoms with E-state index in [0.717, 1.165) is 4.96 Å². The van der Waals surface area contributed by atoms with Crippen molar-refractivity contribution >= 4 is 45.4 Å². The van der Waals surface area contributed by atoms with Gasteiger partial charge in [-0.05, 0) is 18.2 Å². The predicted octanol–water partition coefficient (Wildman–Crippen LogP) is 2.69. The first-order valence-corrected chi connectivity index (χ1v) is 8.47. The van der Waals surface area contributed by atoms with E-state index in [1.54, 1.807) is 31.3 Å². The molecule has 0 aliphatic carbocycles. The number of likely N-dealkylation sites (N-methyl/N-ethyl adjacent to an activating group) is 1. The zero-order chi connectivity index (χ0) is 17.1. The number of amides is 2. The van der Waals surface area contributed by atoms with E-state index >= 15 is 0 Å². The smallest absolute Gasteiger partial charge is 0.243 e. The third-order valence-electron chi connectivity index (χ3n) is 3.39. The fraction of sp³-hybridized carbons (Fsp3) is 0.188. The van der Waals surface area contributed by atoms with E-state index in [4.69, 9.17) is 11.6 Å². The molecule has 2 aromatic heterocycles. The van der Waals surface area contributed by atoms with Gasteiger partial charge in [-0.1, -0.05) is 17.7 Å². The first-order valence-electron chi connectivity index (χ1n) is 7.22. The van der Waals surface area contributed by atoms with Crippen LogP contribution in [-0.4, -0.2) is 39.7 Å². The van der Waals surface area contributed by atoms with Gasteiger partial charge in [0.1, 0.15) is 0 Å². The lowest BCUT2D eigenvalue weighted by Crippen LogP contribution is -2.35. The summed E-state index contributed by atoms with van der Waals surface area (Å²) in [6.45, 7) is -0.0342. The Morgan fingerprint density at radius 3 is 3.00 bits per heavy atom. The molecule has 0 aliphatic rings. The summed E-state index contributed by atoms with van der Waals surface area (Å²) in [6, 6.07) is 6.86. The van der Waals surface area contributed by atoms with Crippen molar-refractivity contribution in [3.05, 3.63) is 52.8 Å². The molecule has 0 unspecified atom stereocenters. The van der Waals surface area contributed by atoms with E-state index in [9.17, 15) is 9.59 Å². The molecule has 8 heteroatoms. The Balaban J connectivity index is 1.55. The van der Waals surface area contributed by atoms with Crippen molar-refractivity contribution in [2.24, 2.45) is 0 Å². The molecule has 1 aromatic carbocycles. The third kappa shape index (κ3) is 3.93. The van der Waals surface area contributed by atoms with Crippen LogP contribution in [0, 0.1) is 0 Å². The Morgan fingerprint density at radius 2 is 2.25 bits per heavy atom. The first-order chi connectivity index (χ1) is 11.5. The number of fused-ring (bicyclic) bond motifs is 1. The van der Waals surface area contributed by atoms with E-state index in [2.05, 4.69) is 10.3 Å². The monoisotopic (exact) mass is 362 g/mol. The number of hydrogen-bond donors (Lipinski definition) is 1. The van der Waals surface area contributed by atoms with Gasteiger partial charge in [-0.15, -0.1) is 11.3 Å². The summed E-state index contributed by atoms with van der Waals surface area (Å²) < 4.78 is 1.87. The van der Waals surface area contributed by atoms with Crippen molar-refractivity contribution in [3.63, 3.8) is 0 Å². The van der Waals surface area contributed by atoms with Crippen molar-refractivity contribution in [2.45, 2.75) is 6.42 Å². The molecule has 0 aliphatic heterocycles. The predicted molar refractivity (Wildman–Crippen MR) is 94.5 cm³/mol. The highest BCUT2D eigenvalue weighted by molar-refractivity contribution is 7.15. The molecular formula is C16H15ClN4O2S. The molecule has 6 nitrogen and oxygen atoms in total. The van der Waals surface area contributed by atoms with Gasteiger partial charge in [0, 0.05) is 35.5 Å². The van der Waals surface area contributed by atoms with Crippen molar-refractivity contribution in [1.82, 2.24) is 14.3 Å². The van der Waals surface area contributed by atoms with Crippen molar-refractivity contribution in [2.75, 3.05) is 18.9 Å². The summed E-state index contributed by atoms with van der Waals surface area (Å²) in [4.78, 5) is 30.9. The Hall–Kier alpha value is -2.38. The van der Waals surface area contributed by atoms with Crippen LogP contribution in [0.15, 0.2) is 42.0 Å². The topological polar surface area (TPSA) is 66.7 Å². The largest absolute Gasteiger partial charge is 0.336 e. The van der Waals surface area contributed by atoms with Crippen LogP contribution in [-0.2, 0) is 16.0 Å². The Labute approximate surface area is 147 Å². The van der Waals surface area contributed by atoms with Gasteiger partial charge >= 0.3 is 0 Å². The summed E-state index contributed by atoms with van der Waals surface area (Å²) in [5.74, 6) is -0.444. The maximum absolute atomic E-state index is 12.2. The van der Waals surface area contributed by atoms with Crippen molar-refractivity contribution < 1.29 is 9.59 Å². The molecule has 0 fully saturated rings. The molecule has 0 saturated heterocycles. The number of thiazole rings is 1. The second-order valence-corrected chi connectivity index (χ2v) is 6.62. The maximum Gasteiger partial charge on any atom is 0.243 e. The Kier molecular flexibility index (Phi) is 4.82. The number of hydrogen-bond acceptors (Lipinski definition) is 4. The minimum absolute atomic E-state index is 0.0342. The number of halogens is 1. The molecular weight excluding hydrogens is 348 g/mol. The normalized spacial score (nSPS) is 10.8. The molecule has 0 radical (unpaired) electrons. The number of nitrogens with zero attached hydrogens (tertiary/aromatic N) is 3. The highest BCUT2D eigenvalue weighted by Crippen LogP contribution is 2.15. The Morgan fingerprint density at radius 1 is 1.42 bits per heavy atom. The molecule has 2 heterocycles. The highest BCUT2D eigenvalue weighted by atomic mass is 35.5. The van der Waals surface area contributed by atoms with Gasteiger partial charge in [-0.25, -0.2) is 4.98 Å². The Bertz CT molecular complexity index is 860. The first kappa shape index (κ1) is 16.5. The summed E-state index contributed by atoms with van der Waals surface area (Å²) >= 11 is 7.38. The highest BCUT2D eigenvalue weighted by Gasteiger charge is 2.15. The van der Waals surface area contributed by atoms with Crippen LogP contribution in [0.5, 0.6) is 0 Å². The number of rotatable bonds is 5. The van der Waals surface area contributed by atoms with Gasteiger partial charge in [0.25, 0.3) is 0 Å². The molecule has 24 heavy (non-hydrogen) atoms. The van der Waals surface area contributed by atoms with Crippen LogP contribution >= 0.6 is 22.9 Å². The number of carbonyl (C=O) groups is 2. The molecule has 3 aromatic rings. The lowest BCUT2D eigenvalue weighted by Gasteiger charge is -2.16. The van der Waals surface area contributed by atoms with E-state index < -0.39 is 0 Å². The van der Waals surface area contributed by atoms with Crippen LogP contribution < -0.4 is 5.32 Å². The second-order valence-electron chi connectivity index (χ2n) is 5.31. The molecule has 0 spiro atoms. The SMILES string of the molecule is CN(CC(=O)Nc1cccc(Cl)c1)C(=O)Cc1cn2ccsc2n1. The number of anilines is 1. The fourth-order valence-electron chi connectivity index (χ4n) is 2.22. The summed E-state index contributed by atoms with van der Waals surface area (Å²) in [6.07, 6.45) is 3.88. The standard InChI is InChI=1S/C16H15ClN4O2S/c1-20(10-14(22)18-12-4-2-3-11(17)7-12)15(23)8-13-9-21-5-6-24-16(21)19-13/h2-7,9H,8,10H2,1H3,(H,18,22). The van der Waals surface area contributed by atoms with Crippen LogP contribution in [0.4, 0.5) is 5.69 Å². The second kappa shape index (κ2) is 7.02. The van der Waals surface area contributed by atoms with Crippen LogP contribution in [0.3, 0.4) is 0 Å². The third-order valence-corrected chi connectivity index (χ3v) is 4.40. The number of aromatic nitrogens is 2. The summed E-state index contributed by atoms with van der Waals surface area (Å²) in [7, 11) is 1.60. The zero-order valence-electron chi connectivity index (χ0n) is 12.9. The number of benzene rings is 1. The zero-order valence-corrected chi connectivity index (χ0v) is 14.5.